The minimum atomic E-state index is -0.114. The van der Waals surface area contributed by atoms with Gasteiger partial charge in [0.05, 0.1) is 11.4 Å². The zero-order valence-electron chi connectivity index (χ0n) is 13.0. The third kappa shape index (κ3) is 4.75. The number of thioether (sulfide) groups is 1. The van der Waals surface area contributed by atoms with Gasteiger partial charge in [0, 0.05) is 34.4 Å². The highest BCUT2D eigenvalue weighted by atomic mass is 35.5. The molecule has 0 bridgehead atoms. The highest BCUT2D eigenvalue weighted by Crippen LogP contribution is 2.25. The summed E-state index contributed by atoms with van der Waals surface area (Å²) in [7, 11) is 0. The van der Waals surface area contributed by atoms with Crippen molar-refractivity contribution in [2.75, 3.05) is 11.1 Å². The number of anilines is 1. The quantitative estimate of drug-likeness (QED) is 0.673. The highest BCUT2D eigenvalue weighted by Gasteiger charge is 2.10. The van der Waals surface area contributed by atoms with Crippen molar-refractivity contribution in [2.45, 2.75) is 5.75 Å². The van der Waals surface area contributed by atoms with Crippen LogP contribution in [0.15, 0.2) is 55.0 Å². The van der Waals surface area contributed by atoms with Crippen molar-refractivity contribution in [2.24, 2.45) is 0 Å². The third-order valence-corrected chi connectivity index (χ3v) is 4.86. The van der Waals surface area contributed by atoms with Crippen molar-refractivity contribution in [1.29, 1.82) is 0 Å². The molecule has 0 unspecified atom stereocenters. The number of nitrogens with zero attached hydrogens (tertiary/aromatic N) is 3. The molecule has 1 amide bonds. The molecule has 25 heavy (non-hydrogen) atoms. The van der Waals surface area contributed by atoms with Gasteiger partial charge in [-0.15, -0.1) is 11.8 Å². The average molecular weight is 393 g/mol. The molecule has 5 nitrogen and oxygen atoms in total. The maximum Gasteiger partial charge on any atom is 0.234 e. The van der Waals surface area contributed by atoms with Crippen molar-refractivity contribution in [3.63, 3.8) is 0 Å². The predicted molar refractivity (Wildman–Crippen MR) is 103 cm³/mol. The first-order valence-electron chi connectivity index (χ1n) is 7.40. The second kappa shape index (κ2) is 8.38. The highest BCUT2D eigenvalue weighted by molar-refractivity contribution is 7.99. The first kappa shape index (κ1) is 17.8. The van der Waals surface area contributed by atoms with Crippen molar-refractivity contribution < 1.29 is 4.79 Å². The Balaban J connectivity index is 1.58. The molecule has 0 aliphatic heterocycles. The first-order chi connectivity index (χ1) is 12.1. The molecule has 8 heteroatoms. The standard InChI is InChI=1S/C17H14Cl2N4OS/c18-13-5-4-12(14(19)9-13)10-25-11-16(24)22-15-3-1-6-20-17(15)23-8-2-7-21-23/h1-9H,10-11H2,(H,22,24). The number of carbonyl (C=O) groups excluding carboxylic acids is 1. The number of hydrogen-bond acceptors (Lipinski definition) is 4. The summed E-state index contributed by atoms with van der Waals surface area (Å²) in [5.41, 5.74) is 1.56. The van der Waals surface area contributed by atoms with Crippen LogP contribution in [-0.2, 0) is 10.5 Å². The van der Waals surface area contributed by atoms with E-state index in [1.807, 2.05) is 6.07 Å². The number of nitrogens with one attached hydrogen (secondary N) is 1. The second-order valence-corrected chi connectivity index (χ2v) is 6.93. The number of pyridine rings is 1. The van der Waals surface area contributed by atoms with Crippen LogP contribution in [0.2, 0.25) is 10.0 Å². The van der Waals surface area contributed by atoms with Crippen molar-refractivity contribution in [3.8, 4) is 5.82 Å². The Kier molecular flexibility index (Phi) is 5.96. The smallest absolute Gasteiger partial charge is 0.234 e. The number of amides is 1. The molecule has 2 heterocycles. The first-order valence-corrected chi connectivity index (χ1v) is 9.31. The van der Waals surface area contributed by atoms with Crippen LogP contribution >= 0.6 is 35.0 Å². The molecular formula is C17H14Cl2N4OS. The van der Waals surface area contributed by atoms with E-state index in [2.05, 4.69) is 15.4 Å². The molecule has 0 spiro atoms. The van der Waals surface area contributed by atoms with Gasteiger partial charge in [0.2, 0.25) is 5.91 Å². The minimum Gasteiger partial charge on any atom is -0.322 e. The molecule has 0 saturated heterocycles. The fourth-order valence-electron chi connectivity index (χ4n) is 2.15. The number of benzene rings is 1. The van der Waals surface area contributed by atoms with E-state index in [1.165, 1.54) is 11.8 Å². The average Bonchev–Trinajstić information content (AvgIpc) is 3.12. The molecule has 128 valence electrons. The van der Waals surface area contributed by atoms with Crippen LogP contribution in [0.3, 0.4) is 0 Å². The second-order valence-electron chi connectivity index (χ2n) is 5.10. The molecule has 0 saturated carbocycles. The lowest BCUT2D eigenvalue weighted by atomic mass is 10.2. The van der Waals surface area contributed by atoms with E-state index in [4.69, 9.17) is 23.2 Å². The van der Waals surface area contributed by atoms with Gasteiger partial charge >= 0.3 is 0 Å². The summed E-state index contributed by atoms with van der Waals surface area (Å²) in [5.74, 6) is 1.39. The number of aromatic nitrogens is 3. The van der Waals surface area contributed by atoms with Gasteiger partial charge in [-0.1, -0.05) is 29.3 Å². The van der Waals surface area contributed by atoms with Crippen molar-refractivity contribution >= 4 is 46.6 Å². The zero-order valence-corrected chi connectivity index (χ0v) is 15.4. The van der Waals surface area contributed by atoms with E-state index in [0.717, 1.165) is 5.56 Å². The van der Waals surface area contributed by atoms with Crippen molar-refractivity contribution in [3.05, 3.63) is 70.6 Å². The number of rotatable bonds is 6. The summed E-state index contributed by atoms with van der Waals surface area (Å²) in [6, 6.07) is 10.7. The molecule has 1 aromatic carbocycles. The van der Waals surface area contributed by atoms with E-state index in [-0.39, 0.29) is 5.91 Å². The number of hydrogen-bond donors (Lipinski definition) is 1. The monoisotopic (exact) mass is 392 g/mol. The topological polar surface area (TPSA) is 59.8 Å². The van der Waals surface area contributed by atoms with E-state index >= 15 is 0 Å². The SMILES string of the molecule is O=C(CSCc1ccc(Cl)cc1Cl)Nc1cccnc1-n1cccn1. The van der Waals surface area contributed by atoms with Crippen LogP contribution in [0.1, 0.15) is 5.56 Å². The van der Waals surface area contributed by atoms with Gasteiger partial charge in [-0.05, 0) is 35.9 Å². The molecule has 0 radical (unpaired) electrons. The van der Waals surface area contributed by atoms with E-state index < -0.39 is 0 Å². The molecule has 1 N–H and O–H groups in total. The molecule has 2 aromatic heterocycles. The van der Waals surface area contributed by atoms with Crippen LogP contribution < -0.4 is 5.32 Å². The van der Waals surface area contributed by atoms with Gasteiger partial charge in [0.1, 0.15) is 0 Å². The lowest BCUT2D eigenvalue weighted by molar-refractivity contribution is -0.113. The molecule has 0 atom stereocenters. The van der Waals surface area contributed by atoms with Crippen LogP contribution in [0.5, 0.6) is 0 Å². The molecule has 0 aliphatic carbocycles. The van der Waals surface area contributed by atoms with Crippen LogP contribution in [0.25, 0.3) is 5.82 Å². The summed E-state index contributed by atoms with van der Waals surface area (Å²) in [6.07, 6.45) is 5.09. The van der Waals surface area contributed by atoms with E-state index in [9.17, 15) is 4.79 Å². The summed E-state index contributed by atoms with van der Waals surface area (Å²) in [5, 5.41) is 8.22. The summed E-state index contributed by atoms with van der Waals surface area (Å²) in [6.45, 7) is 0. The number of carbonyl (C=O) groups is 1. The van der Waals surface area contributed by atoms with Gasteiger partial charge in [0.15, 0.2) is 5.82 Å². The van der Waals surface area contributed by atoms with Crippen LogP contribution in [-0.4, -0.2) is 26.4 Å². The Morgan fingerprint density at radius 3 is 2.84 bits per heavy atom. The predicted octanol–water partition coefficient (Wildman–Crippen LogP) is 4.45. The number of halogens is 2. The van der Waals surface area contributed by atoms with Gasteiger partial charge < -0.3 is 5.32 Å². The van der Waals surface area contributed by atoms with E-state index in [1.54, 1.807) is 53.6 Å². The molecule has 0 fully saturated rings. The Morgan fingerprint density at radius 1 is 1.20 bits per heavy atom. The lowest BCUT2D eigenvalue weighted by Gasteiger charge is -2.10. The normalized spacial score (nSPS) is 10.6. The zero-order chi connectivity index (χ0) is 17.6. The van der Waals surface area contributed by atoms with Gasteiger partial charge in [-0.3, -0.25) is 4.79 Å². The van der Waals surface area contributed by atoms with E-state index in [0.29, 0.717) is 33.1 Å². The fraction of sp³-hybridized carbons (Fsp3) is 0.118. The Morgan fingerprint density at radius 2 is 2.08 bits per heavy atom. The van der Waals surface area contributed by atoms with Gasteiger partial charge in [0.25, 0.3) is 0 Å². The lowest BCUT2D eigenvalue weighted by Crippen LogP contribution is -2.16. The molecule has 3 aromatic rings. The maximum absolute atomic E-state index is 12.2. The Hall–Kier alpha value is -2.02. The summed E-state index contributed by atoms with van der Waals surface area (Å²) in [4.78, 5) is 16.5. The third-order valence-electron chi connectivity index (χ3n) is 3.29. The van der Waals surface area contributed by atoms with Crippen LogP contribution in [0, 0.1) is 0 Å². The minimum absolute atomic E-state index is 0.114. The molecule has 0 aliphatic rings. The summed E-state index contributed by atoms with van der Waals surface area (Å²) >= 11 is 13.5. The van der Waals surface area contributed by atoms with Gasteiger partial charge in [-0.2, -0.15) is 5.10 Å². The summed E-state index contributed by atoms with van der Waals surface area (Å²) < 4.78 is 1.61. The fourth-order valence-corrected chi connectivity index (χ4v) is 3.54. The maximum atomic E-state index is 12.2. The largest absolute Gasteiger partial charge is 0.322 e. The van der Waals surface area contributed by atoms with Gasteiger partial charge in [-0.25, -0.2) is 9.67 Å². The van der Waals surface area contributed by atoms with Crippen molar-refractivity contribution in [1.82, 2.24) is 14.8 Å². The Labute approximate surface area is 159 Å². The molecular weight excluding hydrogens is 379 g/mol. The van der Waals surface area contributed by atoms with Crippen LogP contribution in [0.4, 0.5) is 5.69 Å². The Bertz CT molecular complexity index is 871. The molecule has 3 rings (SSSR count).